The summed E-state index contributed by atoms with van der Waals surface area (Å²) >= 11 is 1.76. The molecule has 3 aromatic rings. The molecule has 0 radical (unpaired) electrons. The van der Waals surface area contributed by atoms with Crippen LogP contribution < -0.4 is 15.0 Å². The highest BCUT2D eigenvalue weighted by atomic mass is 32.1. The fourth-order valence-electron chi connectivity index (χ4n) is 3.48. The van der Waals surface area contributed by atoms with Crippen LogP contribution in [0.4, 0.5) is 5.82 Å². The van der Waals surface area contributed by atoms with Gasteiger partial charge in [0.15, 0.2) is 6.61 Å². The van der Waals surface area contributed by atoms with E-state index in [0.717, 1.165) is 49.9 Å². The number of piperazine rings is 1. The molecule has 0 aliphatic carbocycles. The number of benzene rings is 1. The van der Waals surface area contributed by atoms with Gasteiger partial charge in [-0.1, -0.05) is 18.2 Å². The van der Waals surface area contributed by atoms with E-state index in [4.69, 9.17) is 4.74 Å². The van der Waals surface area contributed by atoms with Gasteiger partial charge in [-0.15, -0.1) is 11.3 Å². The molecule has 0 atom stereocenters. The predicted molar refractivity (Wildman–Crippen MR) is 113 cm³/mol. The Bertz CT molecular complexity index is 950. The van der Waals surface area contributed by atoms with Crippen LogP contribution in [0.1, 0.15) is 5.56 Å². The highest BCUT2D eigenvalue weighted by Crippen LogP contribution is 2.29. The van der Waals surface area contributed by atoms with Crippen LogP contribution >= 0.6 is 11.3 Å². The van der Waals surface area contributed by atoms with E-state index in [1.54, 1.807) is 18.4 Å². The number of nitrogens with zero attached hydrogens (tertiary/aromatic N) is 3. The Labute approximate surface area is 168 Å². The van der Waals surface area contributed by atoms with Gasteiger partial charge in [0.1, 0.15) is 11.6 Å². The zero-order chi connectivity index (χ0) is 19.3. The summed E-state index contributed by atoms with van der Waals surface area (Å²) in [6.07, 6.45) is 1.90. The van der Waals surface area contributed by atoms with E-state index in [1.807, 2.05) is 24.4 Å². The largest absolute Gasteiger partial charge is 0.483 e. The summed E-state index contributed by atoms with van der Waals surface area (Å²) in [6.45, 7) is 4.68. The van der Waals surface area contributed by atoms with E-state index in [9.17, 15) is 4.79 Å². The van der Waals surface area contributed by atoms with E-state index < -0.39 is 0 Å². The SMILES string of the molecule is CNC(=O)COc1ccccc1CN1CCN(c2nccc3sccc23)CC1. The molecular weight excluding hydrogens is 372 g/mol. The van der Waals surface area contributed by atoms with Crippen molar-refractivity contribution in [1.29, 1.82) is 0 Å². The molecule has 0 saturated carbocycles. The van der Waals surface area contributed by atoms with Crippen LogP contribution in [0.5, 0.6) is 5.75 Å². The Morgan fingerprint density at radius 3 is 2.82 bits per heavy atom. The van der Waals surface area contributed by atoms with Gasteiger partial charge >= 0.3 is 0 Å². The third-order valence-corrected chi connectivity index (χ3v) is 5.92. The minimum Gasteiger partial charge on any atom is -0.483 e. The van der Waals surface area contributed by atoms with Crippen LogP contribution in [0.15, 0.2) is 48.0 Å². The third-order valence-electron chi connectivity index (χ3n) is 5.03. The van der Waals surface area contributed by atoms with E-state index in [1.165, 1.54) is 10.1 Å². The molecule has 1 N–H and O–H groups in total. The molecule has 1 aromatic carbocycles. The van der Waals surface area contributed by atoms with Crippen molar-refractivity contribution in [1.82, 2.24) is 15.2 Å². The zero-order valence-electron chi connectivity index (χ0n) is 15.9. The second-order valence-corrected chi connectivity index (χ2v) is 7.75. The van der Waals surface area contributed by atoms with Crippen LogP contribution in [-0.2, 0) is 11.3 Å². The van der Waals surface area contributed by atoms with Crippen LogP contribution in [0.25, 0.3) is 10.1 Å². The van der Waals surface area contributed by atoms with Gasteiger partial charge in [-0.25, -0.2) is 4.98 Å². The molecule has 0 spiro atoms. The number of pyridine rings is 1. The second kappa shape index (κ2) is 8.58. The number of carbonyl (C=O) groups excluding carboxylic acids is 1. The number of rotatable bonds is 6. The lowest BCUT2D eigenvalue weighted by molar-refractivity contribution is -0.122. The minimum atomic E-state index is -0.126. The maximum absolute atomic E-state index is 11.5. The van der Waals surface area contributed by atoms with Crippen LogP contribution in [0.3, 0.4) is 0 Å². The van der Waals surface area contributed by atoms with Crippen molar-refractivity contribution >= 4 is 33.1 Å². The first kappa shape index (κ1) is 18.7. The standard InChI is InChI=1S/C21H24N4O2S/c1-22-20(26)15-27-18-5-3-2-4-16(18)14-24-9-11-25(12-10-24)21-17-7-13-28-19(17)6-8-23-21/h2-8,13H,9-12,14-15H2,1H3,(H,22,26). The van der Waals surface area contributed by atoms with Crippen molar-refractivity contribution in [2.75, 3.05) is 44.7 Å². The van der Waals surface area contributed by atoms with Crippen LogP contribution in [0, 0.1) is 0 Å². The van der Waals surface area contributed by atoms with Gasteiger partial charge in [-0.3, -0.25) is 9.69 Å². The molecule has 7 heteroatoms. The molecule has 1 fully saturated rings. The lowest BCUT2D eigenvalue weighted by Gasteiger charge is -2.35. The molecule has 2 aromatic heterocycles. The first-order valence-corrected chi connectivity index (χ1v) is 10.3. The van der Waals surface area contributed by atoms with Crippen LogP contribution in [0.2, 0.25) is 0 Å². The van der Waals surface area contributed by atoms with Crippen molar-refractivity contribution in [3.05, 3.63) is 53.5 Å². The number of thiophene rings is 1. The number of hydrogen-bond acceptors (Lipinski definition) is 6. The van der Waals surface area contributed by atoms with E-state index in [-0.39, 0.29) is 12.5 Å². The normalized spacial score (nSPS) is 15.0. The maximum atomic E-state index is 11.5. The number of anilines is 1. The molecule has 6 nitrogen and oxygen atoms in total. The molecule has 146 valence electrons. The Morgan fingerprint density at radius 2 is 2.00 bits per heavy atom. The topological polar surface area (TPSA) is 57.7 Å². The third kappa shape index (κ3) is 4.10. The van der Waals surface area contributed by atoms with Crippen molar-refractivity contribution in [2.24, 2.45) is 0 Å². The molecule has 0 bridgehead atoms. The molecule has 1 aliphatic heterocycles. The molecule has 3 heterocycles. The number of aromatic nitrogens is 1. The van der Waals surface area contributed by atoms with Gasteiger partial charge < -0.3 is 15.0 Å². The summed E-state index contributed by atoms with van der Waals surface area (Å²) in [5.41, 5.74) is 1.11. The summed E-state index contributed by atoms with van der Waals surface area (Å²) in [5.74, 6) is 1.74. The van der Waals surface area contributed by atoms with Gasteiger partial charge in [0.05, 0.1) is 0 Å². The lowest BCUT2D eigenvalue weighted by atomic mass is 10.1. The molecule has 0 unspecified atom stereocenters. The van der Waals surface area contributed by atoms with Crippen molar-refractivity contribution in [3.8, 4) is 5.75 Å². The van der Waals surface area contributed by atoms with Gasteiger partial charge in [0.2, 0.25) is 0 Å². The zero-order valence-corrected chi connectivity index (χ0v) is 16.7. The van der Waals surface area contributed by atoms with E-state index >= 15 is 0 Å². The number of amides is 1. The molecule has 1 amide bonds. The molecule has 1 aliphatic rings. The number of fused-ring (bicyclic) bond motifs is 1. The van der Waals surface area contributed by atoms with Gasteiger partial charge in [0, 0.05) is 61.6 Å². The van der Waals surface area contributed by atoms with E-state index in [0.29, 0.717) is 0 Å². The summed E-state index contributed by atoms with van der Waals surface area (Å²) < 4.78 is 6.99. The number of likely N-dealkylation sites (N-methyl/N-ethyl adjacent to an activating group) is 1. The summed E-state index contributed by atoms with van der Waals surface area (Å²) in [5, 5.41) is 5.95. The van der Waals surface area contributed by atoms with Crippen molar-refractivity contribution in [3.63, 3.8) is 0 Å². The number of hydrogen-bond donors (Lipinski definition) is 1. The molecular formula is C21H24N4O2S. The second-order valence-electron chi connectivity index (χ2n) is 6.80. The van der Waals surface area contributed by atoms with Crippen molar-refractivity contribution in [2.45, 2.75) is 6.54 Å². The Hall–Kier alpha value is -2.64. The van der Waals surface area contributed by atoms with Crippen LogP contribution in [-0.4, -0.2) is 55.6 Å². The number of carbonyl (C=O) groups is 1. The highest BCUT2D eigenvalue weighted by Gasteiger charge is 2.21. The smallest absolute Gasteiger partial charge is 0.257 e. The maximum Gasteiger partial charge on any atom is 0.257 e. The Balaban J connectivity index is 1.39. The fourth-order valence-corrected chi connectivity index (χ4v) is 4.26. The molecule has 28 heavy (non-hydrogen) atoms. The number of ether oxygens (including phenoxy) is 1. The summed E-state index contributed by atoms with van der Waals surface area (Å²) in [6, 6.07) is 12.2. The monoisotopic (exact) mass is 396 g/mol. The Morgan fingerprint density at radius 1 is 1.18 bits per heavy atom. The average Bonchev–Trinajstić information content (AvgIpc) is 3.22. The van der Waals surface area contributed by atoms with Gasteiger partial charge in [-0.2, -0.15) is 0 Å². The predicted octanol–water partition coefficient (Wildman–Crippen LogP) is 2.74. The summed E-state index contributed by atoms with van der Waals surface area (Å²) in [7, 11) is 1.61. The van der Waals surface area contributed by atoms with Crippen molar-refractivity contribution < 1.29 is 9.53 Å². The number of nitrogens with one attached hydrogen (secondary N) is 1. The Kier molecular flexibility index (Phi) is 5.73. The minimum absolute atomic E-state index is 0.0393. The highest BCUT2D eigenvalue weighted by molar-refractivity contribution is 7.17. The fraction of sp³-hybridized carbons (Fsp3) is 0.333. The van der Waals surface area contributed by atoms with Gasteiger partial charge in [0.25, 0.3) is 5.91 Å². The number of para-hydroxylation sites is 1. The average molecular weight is 397 g/mol. The quantitative estimate of drug-likeness (QED) is 0.694. The lowest BCUT2D eigenvalue weighted by Crippen LogP contribution is -2.46. The van der Waals surface area contributed by atoms with Gasteiger partial charge in [-0.05, 0) is 23.6 Å². The van der Waals surface area contributed by atoms with E-state index in [2.05, 4.69) is 43.7 Å². The first-order chi connectivity index (χ1) is 13.7. The molecule has 4 rings (SSSR count). The first-order valence-electron chi connectivity index (χ1n) is 9.45. The molecule has 1 saturated heterocycles. The summed E-state index contributed by atoms with van der Waals surface area (Å²) in [4.78, 5) is 20.9.